The van der Waals surface area contributed by atoms with E-state index >= 15 is 0 Å². The van der Waals surface area contributed by atoms with Crippen LogP contribution in [0.3, 0.4) is 0 Å². The molecule has 2 rings (SSSR count). The molecule has 0 radical (unpaired) electrons. The van der Waals surface area contributed by atoms with Crippen molar-refractivity contribution in [3.05, 3.63) is 35.6 Å². The molecule has 2 amide bonds. The van der Waals surface area contributed by atoms with E-state index in [0.29, 0.717) is 6.42 Å². The van der Waals surface area contributed by atoms with Gasteiger partial charge in [0, 0.05) is 6.42 Å². The van der Waals surface area contributed by atoms with Gasteiger partial charge in [-0.05, 0) is 24.6 Å². The van der Waals surface area contributed by atoms with Gasteiger partial charge in [-0.1, -0.05) is 12.1 Å². The van der Waals surface area contributed by atoms with E-state index in [9.17, 15) is 9.18 Å². The summed E-state index contributed by atoms with van der Waals surface area (Å²) in [6, 6.07) is 5.66. The number of nitrogens with one attached hydrogen (secondary N) is 1. The number of rotatable bonds is 2. The highest BCUT2D eigenvalue weighted by atomic mass is 19.1. The summed E-state index contributed by atoms with van der Waals surface area (Å²) in [7, 11) is 0. The van der Waals surface area contributed by atoms with Crippen LogP contribution >= 0.6 is 0 Å². The Morgan fingerprint density at radius 2 is 2.06 bits per heavy atom. The first-order chi connectivity index (χ1) is 7.49. The van der Waals surface area contributed by atoms with Gasteiger partial charge in [-0.3, -0.25) is 0 Å². The molecular weight excluding hydrogens is 209 g/mol. The molecule has 5 heteroatoms. The van der Waals surface area contributed by atoms with E-state index in [-0.39, 0.29) is 11.7 Å². The molecule has 1 aliphatic heterocycles. The van der Waals surface area contributed by atoms with Crippen molar-refractivity contribution < 1.29 is 9.18 Å². The van der Waals surface area contributed by atoms with Crippen LogP contribution in [0.5, 0.6) is 0 Å². The number of halogens is 1. The summed E-state index contributed by atoms with van der Waals surface area (Å²) in [6.07, 6.45) is 0.494. The summed E-state index contributed by atoms with van der Waals surface area (Å²) < 4.78 is 12.7. The van der Waals surface area contributed by atoms with Crippen LogP contribution in [-0.2, 0) is 6.42 Å². The van der Waals surface area contributed by atoms with Crippen molar-refractivity contribution in [1.29, 1.82) is 0 Å². The number of carbonyl (C=O) groups is 1. The smallest absolute Gasteiger partial charge is 0.343 e. The van der Waals surface area contributed by atoms with Crippen molar-refractivity contribution in [2.45, 2.75) is 18.9 Å². The van der Waals surface area contributed by atoms with Crippen molar-refractivity contribution in [2.24, 2.45) is 10.7 Å². The van der Waals surface area contributed by atoms with Gasteiger partial charge in [0.2, 0.25) is 0 Å². The molecule has 0 spiro atoms. The number of urea groups is 1. The zero-order valence-electron chi connectivity index (χ0n) is 8.83. The number of hydrogen-bond acceptors (Lipinski definition) is 2. The summed E-state index contributed by atoms with van der Waals surface area (Å²) >= 11 is 0. The molecule has 1 aromatic carbocycles. The van der Waals surface area contributed by atoms with Gasteiger partial charge < -0.3 is 11.1 Å². The third kappa shape index (κ3) is 1.88. The highest BCUT2D eigenvalue weighted by molar-refractivity contribution is 6.05. The van der Waals surface area contributed by atoms with Gasteiger partial charge in [0.1, 0.15) is 17.2 Å². The van der Waals surface area contributed by atoms with Gasteiger partial charge in [-0.2, -0.15) is 4.99 Å². The maximum atomic E-state index is 12.7. The Kier molecular flexibility index (Phi) is 2.38. The highest BCUT2D eigenvalue weighted by Gasteiger charge is 2.36. The lowest BCUT2D eigenvalue weighted by Gasteiger charge is -2.23. The summed E-state index contributed by atoms with van der Waals surface area (Å²) in [5.74, 6) is -0.0205. The number of nitrogens with two attached hydrogens (primary N) is 1. The molecule has 0 aromatic heterocycles. The fraction of sp³-hybridized carbons (Fsp3) is 0.273. The molecular formula is C11H12FN3O. The summed E-state index contributed by atoms with van der Waals surface area (Å²) in [5, 5.41) is 2.68. The summed E-state index contributed by atoms with van der Waals surface area (Å²) in [6.45, 7) is 1.79. The van der Waals surface area contributed by atoms with Gasteiger partial charge in [0.25, 0.3) is 0 Å². The fourth-order valence-corrected chi connectivity index (χ4v) is 1.71. The highest BCUT2D eigenvalue weighted by Crippen LogP contribution is 2.18. The molecule has 0 fully saturated rings. The zero-order valence-corrected chi connectivity index (χ0v) is 8.83. The van der Waals surface area contributed by atoms with E-state index in [1.807, 2.05) is 0 Å². The van der Waals surface area contributed by atoms with E-state index in [1.54, 1.807) is 19.1 Å². The Morgan fingerprint density at radius 1 is 1.44 bits per heavy atom. The minimum absolute atomic E-state index is 0.266. The van der Waals surface area contributed by atoms with Crippen LogP contribution in [0.25, 0.3) is 0 Å². The summed E-state index contributed by atoms with van der Waals surface area (Å²) in [4.78, 5) is 14.7. The first-order valence-corrected chi connectivity index (χ1v) is 4.91. The molecule has 1 aliphatic rings. The maximum Gasteiger partial charge on any atom is 0.343 e. The minimum atomic E-state index is -0.672. The molecule has 1 aromatic rings. The van der Waals surface area contributed by atoms with Crippen LogP contribution in [0.15, 0.2) is 29.3 Å². The van der Waals surface area contributed by atoms with Crippen molar-refractivity contribution in [1.82, 2.24) is 5.32 Å². The van der Waals surface area contributed by atoms with Crippen molar-refractivity contribution in [3.8, 4) is 0 Å². The zero-order chi connectivity index (χ0) is 11.8. The quantitative estimate of drug-likeness (QED) is 0.788. The molecule has 0 saturated carbocycles. The van der Waals surface area contributed by atoms with Gasteiger partial charge in [-0.15, -0.1) is 0 Å². The van der Waals surface area contributed by atoms with E-state index < -0.39 is 11.6 Å². The second-order valence-corrected chi connectivity index (χ2v) is 4.06. The molecule has 4 nitrogen and oxygen atoms in total. The first-order valence-electron chi connectivity index (χ1n) is 4.91. The maximum absolute atomic E-state index is 12.7. The molecule has 16 heavy (non-hydrogen) atoms. The van der Waals surface area contributed by atoms with Crippen LogP contribution in [0.2, 0.25) is 0 Å². The second-order valence-electron chi connectivity index (χ2n) is 4.06. The molecule has 1 heterocycles. The van der Waals surface area contributed by atoms with Crippen molar-refractivity contribution in [2.75, 3.05) is 0 Å². The molecule has 0 saturated heterocycles. The predicted octanol–water partition coefficient (Wildman–Crippen LogP) is 1.21. The molecule has 84 valence electrons. The standard InChI is InChI=1S/C11H12FN3O/c1-11(9(13)14-10(16)15-11)6-7-2-4-8(12)5-3-7/h2-5H,6H2,1H3,(H3,13,14,15,16). The topological polar surface area (TPSA) is 67.5 Å². The largest absolute Gasteiger partial charge is 0.385 e. The van der Waals surface area contributed by atoms with Gasteiger partial charge in [-0.25, -0.2) is 9.18 Å². The predicted molar refractivity (Wildman–Crippen MR) is 58.7 cm³/mol. The Labute approximate surface area is 92.4 Å². The van der Waals surface area contributed by atoms with Crippen LogP contribution < -0.4 is 11.1 Å². The van der Waals surface area contributed by atoms with Crippen LogP contribution in [-0.4, -0.2) is 17.4 Å². The number of nitrogens with zero attached hydrogens (tertiary/aromatic N) is 1. The van der Waals surface area contributed by atoms with E-state index in [2.05, 4.69) is 10.3 Å². The molecule has 0 aliphatic carbocycles. The van der Waals surface area contributed by atoms with Crippen molar-refractivity contribution >= 4 is 11.9 Å². The third-order valence-electron chi connectivity index (χ3n) is 2.64. The average molecular weight is 221 g/mol. The lowest BCUT2D eigenvalue weighted by Crippen LogP contribution is -2.50. The lowest BCUT2D eigenvalue weighted by molar-refractivity contribution is 0.247. The number of amidine groups is 1. The van der Waals surface area contributed by atoms with E-state index in [1.165, 1.54) is 12.1 Å². The number of benzene rings is 1. The molecule has 1 unspecified atom stereocenters. The van der Waals surface area contributed by atoms with Gasteiger partial charge in [0.15, 0.2) is 0 Å². The molecule has 3 N–H and O–H groups in total. The number of hydrogen-bond donors (Lipinski definition) is 2. The second kappa shape index (κ2) is 3.59. The van der Waals surface area contributed by atoms with Crippen molar-refractivity contribution in [3.63, 3.8) is 0 Å². The first kappa shape index (κ1) is 10.6. The number of carbonyl (C=O) groups excluding carboxylic acids is 1. The SMILES string of the molecule is CC1(Cc2ccc(F)cc2)NC(=O)N=C1N. The van der Waals surface area contributed by atoms with Crippen LogP contribution in [0.1, 0.15) is 12.5 Å². The lowest BCUT2D eigenvalue weighted by atomic mass is 9.92. The van der Waals surface area contributed by atoms with Crippen LogP contribution in [0, 0.1) is 5.82 Å². The minimum Gasteiger partial charge on any atom is -0.385 e. The fourth-order valence-electron chi connectivity index (χ4n) is 1.71. The van der Waals surface area contributed by atoms with Gasteiger partial charge in [0.05, 0.1) is 0 Å². The number of aliphatic imine (C=N–C) groups is 1. The van der Waals surface area contributed by atoms with Crippen LogP contribution in [0.4, 0.5) is 9.18 Å². The van der Waals surface area contributed by atoms with E-state index in [0.717, 1.165) is 5.56 Å². The Balaban J connectivity index is 2.19. The monoisotopic (exact) mass is 221 g/mol. The summed E-state index contributed by atoms with van der Waals surface area (Å²) in [5.41, 5.74) is 5.90. The van der Waals surface area contributed by atoms with E-state index in [4.69, 9.17) is 5.73 Å². The average Bonchev–Trinajstić information content (AvgIpc) is 2.44. The Hall–Kier alpha value is -1.91. The Morgan fingerprint density at radius 3 is 2.56 bits per heavy atom. The normalized spacial score (nSPS) is 24.1. The van der Waals surface area contributed by atoms with Gasteiger partial charge >= 0.3 is 6.03 Å². The molecule has 1 atom stereocenters. The Bertz CT molecular complexity index is 455. The third-order valence-corrected chi connectivity index (χ3v) is 2.64. The number of amides is 2. The molecule has 0 bridgehead atoms.